The number of hydrogen-bond acceptors (Lipinski definition) is 3. The van der Waals surface area contributed by atoms with Gasteiger partial charge in [0.2, 0.25) is 0 Å². The molecule has 0 saturated carbocycles. The van der Waals surface area contributed by atoms with Gasteiger partial charge in [-0.1, -0.05) is 18.2 Å². The number of aliphatic hydroxyl groups is 1. The van der Waals surface area contributed by atoms with E-state index in [1.807, 2.05) is 36.6 Å². The zero-order valence-electron chi connectivity index (χ0n) is 10.1. The summed E-state index contributed by atoms with van der Waals surface area (Å²) in [6, 6.07) is 7.67. The average Bonchev–Trinajstić information content (AvgIpc) is 2.80. The van der Waals surface area contributed by atoms with E-state index in [4.69, 9.17) is 0 Å². The molecule has 2 aromatic rings. The van der Waals surface area contributed by atoms with Crippen LogP contribution < -0.4 is 10.6 Å². The van der Waals surface area contributed by atoms with E-state index in [-0.39, 0.29) is 12.6 Å². The Morgan fingerprint density at radius 3 is 2.94 bits per heavy atom. The summed E-state index contributed by atoms with van der Waals surface area (Å²) < 4.78 is 1.14. The molecule has 0 radical (unpaired) electrons. The molecule has 3 N–H and O–H groups in total. The van der Waals surface area contributed by atoms with Gasteiger partial charge in [0.15, 0.2) is 0 Å². The number of hydrogen-bond donors (Lipinski definition) is 3. The zero-order valence-corrected chi connectivity index (χ0v) is 11.0. The highest BCUT2D eigenvalue weighted by Gasteiger charge is 2.13. The van der Waals surface area contributed by atoms with Gasteiger partial charge in [-0.05, 0) is 23.8 Å². The maximum atomic E-state index is 11.2. The minimum absolute atomic E-state index is 0.215. The molecular weight excluding hydrogens is 248 g/mol. The molecule has 4 nitrogen and oxygen atoms in total. The summed E-state index contributed by atoms with van der Waals surface area (Å²) in [6.45, 7) is 2.64. The topological polar surface area (TPSA) is 61.4 Å². The van der Waals surface area contributed by atoms with Gasteiger partial charge in [0, 0.05) is 23.4 Å². The molecular formula is C13H16N2O2S. The van der Waals surface area contributed by atoms with E-state index in [1.165, 1.54) is 0 Å². The molecule has 0 spiro atoms. The third-order valence-electron chi connectivity index (χ3n) is 2.66. The SMILES string of the molecule is CCNC(=O)NCC(O)c1csc2ccccc12. The summed E-state index contributed by atoms with van der Waals surface area (Å²) in [7, 11) is 0. The fourth-order valence-electron chi connectivity index (χ4n) is 1.78. The predicted molar refractivity (Wildman–Crippen MR) is 73.9 cm³/mol. The van der Waals surface area contributed by atoms with Gasteiger partial charge in [0.05, 0.1) is 6.10 Å². The monoisotopic (exact) mass is 264 g/mol. The van der Waals surface area contributed by atoms with Gasteiger partial charge in [-0.3, -0.25) is 0 Å². The largest absolute Gasteiger partial charge is 0.387 e. The van der Waals surface area contributed by atoms with E-state index in [2.05, 4.69) is 10.6 Å². The Balaban J connectivity index is 2.05. The molecule has 0 aliphatic heterocycles. The number of fused-ring (bicyclic) bond motifs is 1. The van der Waals surface area contributed by atoms with Gasteiger partial charge < -0.3 is 15.7 Å². The van der Waals surface area contributed by atoms with Crippen molar-refractivity contribution >= 4 is 27.5 Å². The summed E-state index contributed by atoms with van der Waals surface area (Å²) in [5.41, 5.74) is 0.868. The van der Waals surface area contributed by atoms with Crippen molar-refractivity contribution in [3.8, 4) is 0 Å². The highest BCUT2D eigenvalue weighted by molar-refractivity contribution is 7.17. The fraction of sp³-hybridized carbons (Fsp3) is 0.308. The quantitative estimate of drug-likeness (QED) is 0.793. The van der Waals surface area contributed by atoms with Crippen molar-refractivity contribution in [3.05, 3.63) is 35.2 Å². The number of carbonyl (C=O) groups excluding carboxylic acids is 1. The van der Waals surface area contributed by atoms with Crippen molar-refractivity contribution in [2.24, 2.45) is 0 Å². The summed E-state index contributed by atoms with van der Waals surface area (Å²) >= 11 is 1.60. The first kappa shape index (κ1) is 12.9. The second kappa shape index (κ2) is 5.84. The van der Waals surface area contributed by atoms with Crippen molar-refractivity contribution < 1.29 is 9.90 Å². The molecule has 1 atom stereocenters. The van der Waals surface area contributed by atoms with Crippen LogP contribution in [0.15, 0.2) is 29.6 Å². The third kappa shape index (κ3) is 2.80. The number of benzene rings is 1. The molecule has 0 saturated heterocycles. The molecule has 0 aliphatic rings. The Bertz CT molecular complexity index is 539. The normalized spacial score (nSPS) is 12.3. The Morgan fingerprint density at radius 2 is 2.17 bits per heavy atom. The van der Waals surface area contributed by atoms with Crippen LogP contribution in [0, 0.1) is 0 Å². The number of amides is 2. The van der Waals surface area contributed by atoms with Crippen LogP contribution in [0.25, 0.3) is 10.1 Å². The average molecular weight is 264 g/mol. The minimum Gasteiger partial charge on any atom is -0.387 e. The lowest BCUT2D eigenvalue weighted by Crippen LogP contribution is -2.37. The molecule has 5 heteroatoms. The van der Waals surface area contributed by atoms with E-state index in [0.29, 0.717) is 6.54 Å². The van der Waals surface area contributed by atoms with E-state index >= 15 is 0 Å². The second-order valence-electron chi connectivity index (χ2n) is 3.94. The molecule has 2 amide bonds. The Labute approximate surface area is 110 Å². The van der Waals surface area contributed by atoms with Crippen molar-refractivity contribution in [2.75, 3.05) is 13.1 Å². The van der Waals surface area contributed by atoms with Gasteiger partial charge >= 0.3 is 6.03 Å². The Hall–Kier alpha value is -1.59. The van der Waals surface area contributed by atoms with Crippen LogP contribution >= 0.6 is 11.3 Å². The molecule has 96 valence electrons. The van der Waals surface area contributed by atoms with Crippen LogP contribution in [0.3, 0.4) is 0 Å². The molecule has 0 fully saturated rings. The summed E-state index contributed by atoms with van der Waals surface area (Å²) in [6.07, 6.45) is -0.677. The molecule has 1 heterocycles. The zero-order chi connectivity index (χ0) is 13.0. The van der Waals surface area contributed by atoms with Crippen LogP contribution in [0.4, 0.5) is 4.79 Å². The van der Waals surface area contributed by atoms with Crippen LogP contribution in [0.2, 0.25) is 0 Å². The number of thiophene rings is 1. The molecule has 1 unspecified atom stereocenters. The number of rotatable bonds is 4. The van der Waals surface area contributed by atoms with Crippen LogP contribution in [-0.4, -0.2) is 24.2 Å². The highest BCUT2D eigenvalue weighted by atomic mass is 32.1. The van der Waals surface area contributed by atoms with Crippen molar-refractivity contribution in [2.45, 2.75) is 13.0 Å². The highest BCUT2D eigenvalue weighted by Crippen LogP contribution is 2.29. The first-order valence-electron chi connectivity index (χ1n) is 5.88. The number of aliphatic hydroxyl groups excluding tert-OH is 1. The van der Waals surface area contributed by atoms with Gasteiger partial charge in [-0.2, -0.15) is 0 Å². The van der Waals surface area contributed by atoms with Gasteiger partial charge in [0.25, 0.3) is 0 Å². The lowest BCUT2D eigenvalue weighted by molar-refractivity contribution is 0.175. The van der Waals surface area contributed by atoms with Crippen LogP contribution in [-0.2, 0) is 0 Å². The minimum atomic E-state index is -0.677. The second-order valence-corrected chi connectivity index (χ2v) is 4.85. The molecule has 18 heavy (non-hydrogen) atoms. The summed E-state index contributed by atoms with van der Waals surface area (Å²) in [5, 5.41) is 18.3. The maximum Gasteiger partial charge on any atom is 0.314 e. The van der Waals surface area contributed by atoms with Gasteiger partial charge in [-0.25, -0.2) is 4.79 Å². The Morgan fingerprint density at radius 1 is 1.39 bits per heavy atom. The number of carbonyl (C=O) groups is 1. The van der Waals surface area contributed by atoms with E-state index < -0.39 is 6.10 Å². The lowest BCUT2D eigenvalue weighted by atomic mass is 10.1. The Kier molecular flexibility index (Phi) is 4.17. The van der Waals surface area contributed by atoms with Gasteiger partial charge in [0.1, 0.15) is 0 Å². The van der Waals surface area contributed by atoms with Crippen LogP contribution in [0.1, 0.15) is 18.6 Å². The van der Waals surface area contributed by atoms with E-state index in [9.17, 15) is 9.90 Å². The molecule has 2 rings (SSSR count). The van der Waals surface area contributed by atoms with Crippen molar-refractivity contribution in [3.63, 3.8) is 0 Å². The molecule has 0 bridgehead atoms. The van der Waals surface area contributed by atoms with E-state index in [0.717, 1.165) is 15.6 Å². The number of nitrogens with one attached hydrogen (secondary N) is 2. The van der Waals surface area contributed by atoms with Gasteiger partial charge in [-0.15, -0.1) is 11.3 Å². The molecule has 1 aromatic heterocycles. The number of urea groups is 1. The fourth-order valence-corrected chi connectivity index (χ4v) is 2.79. The first-order chi connectivity index (χ1) is 8.72. The summed E-state index contributed by atoms with van der Waals surface area (Å²) in [4.78, 5) is 11.2. The first-order valence-corrected chi connectivity index (χ1v) is 6.76. The predicted octanol–water partition coefficient (Wildman–Crippen LogP) is 2.25. The standard InChI is InChI=1S/C13H16N2O2S/c1-2-14-13(17)15-7-11(16)10-8-18-12-6-4-3-5-9(10)12/h3-6,8,11,16H,2,7H2,1H3,(H2,14,15,17). The molecule has 1 aromatic carbocycles. The van der Waals surface area contributed by atoms with Crippen molar-refractivity contribution in [1.29, 1.82) is 0 Å². The molecule has 0 aliphatic carbocycles. The third-order valence-corrected chi connectivity index (χ3v) is 3.64. The lowest BCUT2D eigenvalue weighted by Gasteiger charge is -2.11. The van der Waals surface area contributed by atoms with Crippen molar-refractivity contribution in [1.82, 2.24) is 10.6 Å². The summed E-state index contributed by atoms with van der Waals surface area (Å²) in [5.74, 6) is 0. The van der Waals surface area contributed by atoms with Crippen LogP contribution in [0.5, 0.6) is 0 Å². The van der Waals surface area contributed by atoms with E-state index in [1.54, 1.807) is 11.3 Å². The smallest absolute Gasteiger partial charge is 0.314 e. The maximum absolute atomic E-state index is 11.2.